The molecular weight excluding hydrogens is 246 g/mol. The molecule has 0 amide bonds. The van der Waals surface area contributed by atoms with Crippen LogP contribution in [0.4, 0.5) is 0 Å². The zero-order valence-corrected chi connectivity index (χ0v) is 11.0. The van der Waals surface area contributed by atoms with E-state index in [9.17, 15) is 0 Å². The Morgan fingerprint density at radius 2 is 2.05 bits per heavy atom. The first kappa shape index (κ1) is 13.4. The third-order valence-electron chi connectivity index (χ3n) is 2.38. The maximum absolute atomic E-state index is 5.45. The second-order valence-electron chi connectivity index (χ2n) is 4.00. The third kappa shape index (κ3) is 4.31. The maximum atomic E-state index is 5.45. The van der Waals surface area contributed by atoms with Crippen molar-refractivity contribution >= 4 is 0 Å². The van der Waals surface area contributed by atoms with Crippen LogP contribution in [0.3, 0.4) is 0 Å². The first-order chi connectivity index (χ1) is 9.28. The van der Waals surface area contributed by atoms with E-state index in [1.165, 1.54) is 0 Å². The van der Waals surface area contributed by atoms with E-state index in [-0.39, 0.29) is 0 Å². The van der Waals surface area contributed by atoms with Crippen LogP contribution in [-0.2, 0) is 18.3 Å². The van der Waals surface area contributed by atoms with E-state index in [4.69, 9.17) is 9.47 Å². The van der Waals surface area contributed by atoms with Gasteiger partial charge in [0.2, 0.25) is 0 Å². The van der Waals surface area contributed by atoms with E-state index in [2.05, 4.69) is 20.4 Å². The summed E-state index contributed by atoms with van der Waals surface area (Å²) in [6, 6.07) is 0.314. The molecule has 0 aliphatic heterocycles. The van der Waals surface area contributed by atoms with Gasteiger partial charge < -0.3 is 14.8 Å². The number of nitrogens with zero attached hydrogens (tertiary/aromatic N) is 4. The van der Waals surface area contributed by atoms with Gasteiger partial charge in [0, 0.05) is 45.2 Å². The lowest BCUT2D eigenvalue weighted by Crippen LogP contribution is -2.18. The fourth-order valence-electron chi connectivity index (χ4n) is 1.45. The minimum absolute atomic E-state index is 0.314. The lowest BCUT2D eigenvalue weighted by molar-refractivity contribution is 0.199. The van der Waals surface area contributed by atoms with Crippen LogP contribution in [-0.4, -0.2) is 40.0 Å². The average Bonchev–Trinajstić information content (AvgIpc) is 2.82. The van der Waals surface area contributed by atoms with Crippen molar-refractivity contribution in [3.05, 3.63) is 30.4 Å². The zero-order valence-electron chi connectivity index (χ0n) is 11.0. The molecule has 1 N–H and O–H groups in total. The molecule has 0 saturated carbocycles. The summed E-state index contributed by atoms with van der Waals surface area (Å²) in [5.41, 5.74) is 0.995. The van der Waals surface area contributed by atoms with Crippen molar-refractivity contribution in [3.8, 4) is 11.8 Å². The van der Waals surface area contributed by atoms with Gasteiger partial charge in [0.15, 0.2) is 5.75 Å². The molecule has 2 aromatic heterocycles. The normalized spacial score (nSPS) is 10.6. The number of nitrogens with one attached hydrogen (secondary N) is 1. The Kier molecular flexibility index (Phi) is 4.82. The van der Waals surface area contributed by atoms with Gasteiger partial charge in [0.05, 0.1) is 19.0 Å². The van der Waals surface area contributed by atoms with Gasteiger partial charge in [-0.1, -0.05) is 0 Å². The molecule has 0 saturated heterocycles. The summed E-state index contributed by atoms with van der Waals surface area (Å²) in [4.78, 5) is 8.28. The summed E-state index contributed by atoms with van der Waals surface area (Å²) in [5, 5.41) is 7.22. The van der Waals surface area contributed by atoms with Crippen molar-refractivity contribution in [3.63, 3.8) is 0 Å². The summed E-state index contributed by atoms with van der Waals surface area (Å²) in [6.07, 6.45) is 6.84. The van der Waals surface area contributed by atoms with Crippen LogP contribution in [0.15, 0.2) is 24.8 Å². The number of hydrogen-bond donors (Lipinski definition) is 1. The highest BCUT2D eigenvalue weighted by Crippen LogP contribution is 2.15. The zero-order chi connectivity index (χ0) is 13.5. The van der Waals surface area contributed by atoms with Crippen LogP contribution in [0.5, 0.6) is 11.8 Å². The number of ether oxygens (including phenoxy) is 2. The Bertz CT molecular complexity index is 497. The quantitative estimate of drug-likeness (QED) is 0.743. The highest BCUT2D eigenvalue weighted by atomic mass is 16.5. The third-order valence-corrected chi connectivity index (χ3v) is 2.38. The predicted octanol–water partition coefficient (Wildman–Crippen LogP) is 0.738. The average molecular weight is 263 g/mol. The van der Waals surface area contributed by atoms with Gasteiger partial charge in [0.1, 0.15) is 0 Å². The molecule has 7 nitrogen and oxygen atoms in total. The van der Waals surface area contributed by atoms with Crippen molar-refractivity contribution in [2.24, 2.45) is 7.05 Å². The molecule has 102 valence electrons. The standard InChI is InChI=1S/C12H17N5O2/c1-17-9-11(8-16-17)19-12-14-6-10(7-15-12)5-13-3-4-18-2/h6-9,13H,3-5H2,1-2H3. The molecule has 0 aliphatic rings. The topological polar surface area (TPSA) is 74.1 Å². The van der Waals surface area contributed by atoms with Crippen LogP contribution < -0.4 is 10.1 Å². The van der Waals surface area contributed by atoms with Gasteiger partial charge >= 0.3 is 6.01 Å². The maximum Gasteiger partial charge on any atom is 0.321 e. The van der Waals surface area contributed by atoms with Crippen LogP contribution in [0, 0.1) is 0 Å². The largest absolute Gasteiger partial charge is 0.421 e. The van der Waals surface area contributed by atoms with Gasteiger partial charge in [0.25, 0.3) is 0 Å². The van der Waals surface area contributed by atoms with Gasteiger partial charge in [-0.3, -0.25) is 4.68 Å². The number of hydrogen-bond acceptors (Lipinski definition) is 6. The highest BCUT2D eigenvalue weighted by Gasteiger charge is 2.02. The van der Waals surface area contributed by atoms with Crippen LogP contribution in [0.2, 0.25) is 0 Å². The molecule has 2 aromatic rings. The van der Waals surface area contributed by atoms with E-state index in [0.29, 0.717) is 24.9 Å². The Morgan fingerprint density at radius 3 is 2.68 bits per heavy atom. The molecule has 7 heteroatoms. The molecule has 0 bridgehead atoms. The smallest absolute Gasteiger partial charge is 0.321 e. The number of aromatic nitrogens is 4. The predicted molar refractivity (Wildman–Crippen MR) is 68.9 cm³/mol. The van der Waals surface area contributed by atoms with Crippen molar-refractivity contribution in [2.45, 2.75) is 6.54 Å². The summed E-state index contributed by atoms with van der Waals surface area (Å²) in [7, 11) is 3.50. The molecule has 0 spiro atoms. The van der Waals surface area contributed by atoms with Gasteiger partial charge in [-0.15, -0.1) is 0 Å². The van der Waals surface area contributed by atoms with E-state index >= 15 is 0 Å². The summed E-state index contributed by atoms with van der Waals surface area (Å²) in [5.74, 6) is 0.619. The fourth-order valence-corrected chi connectivity index (χ4v) is 1.45. The summed E-state index contributed by atoms with van der Waals surface area (Å²) < 4.78 is 12.1. The molecule has 0 radical (unpaired) electrons. The lowest BCUT2D eigenvalue weighted by Gasteiger charge is -2.04. The molecule has 19 heavy (non-hydrogen) atoms. The Labute approximate surface area is 111 Å². The van der Waals surface area contributed by atoms with Crippen molar-refractivity contribution < 1.29 is 9.47 Å². The van der Waals surface area contributed by atoms with Crippen LogP contribution >= 0.6 is 0 Å². The fraction of sp³-hybridized carbons (Fsp3) is 0.417. The Balaban J connectivity index is 1.84. The van der Waals surface area contributed by atoms with Crippen LogP contribution in [0.1, 0.15) is 5.56 Å². The first-order valence-electron chi connectivity index (χ1n) is 5.95. The van der Waals surface area contributed by atoms with Crippen molar-refractivity contribution in [1.29, 1.82) is 0 Å². The second-order valence-corrected chi connectivity index (χ2v) is 4.00. The minimum atomic E-state index is 0.314. The number of rotatable bonds is 7. The molecule has 0 atom stereocenters. The molecule has 2 rings (SSSR count). The van der Waals surface area contributed by atoms with Crippen molar-refractivity contribution in [1.82, 2.24) is 25.1 Å². The molecule has 0 unspecified atom stereocenters. The lowest BCUT2D eigenvalue weighted by atomic mass is 10.3. The molecule has 2 heterocycles. The Hall–Kier alpha value is -1.99. The number of aryl methyl sites for hydroxylation is 1. The van der Waals surface area contributed by atoms with E-state index in [1.807, 2.05) is 7.05 Å². The van der Waals surface area contributed by atoms with Gasteiger partial charge in [-0.05, 0) is 0 Å². The first-order valence-corrected chi connectivity index (χ1v) is 5.95. The van der Waals surface area contributed by atoms with Gasteiger partial charge in [-0.25, -0.2) is 9.97 Å². The van der Waals surface area contributed by atoms with E-state index in [1.54, 1.807) is 36.6 Å². The monoisotopic (exact) mass is 263 g/mol. The molecule has 0 aliphatic carbocycles. The van der Waals surface area contributed by atoms with Crippen LogP contribution in [0.25, 0.3) is 0 Å². The highest BCUT2D eigenvalue weighted by molar-refractivity contribution is 5.17. The minimum Gasteiger partial charge on any atom is -0.421 e. The Morgan fingerprint density at radius 1 is 1.26 bits per heavy atom. The summed E-state index contributed by atoms with van der Waals surface area (Å²) in [6.45, 7) is 2.18. The summed E-state index contributed by atoms with van der Waals surface area (Å²) >= 11 is 0. The van der Waals surface area contributed by atoms with Gasteiger partial charge in [-0.2, -0.15) is 5.10 Å². The molecule has 0 aromatic carbocycles. The van der Waals surface area contributed by atoms with E-state index < -0.39 is 0 Å². The SMILES string of the molecule is COCCNCc1cnc(Oc2cnn(C)c2)nc1. The molecule has 0 fully saturated rings. The molecular formula is C12H17N5O2. The number of methoxy groups -OCH3 is 1. The van der Waals surface area contributed by atoms with Crippen molar-refractivity contribution in [2.75, 3.05) is 20.3 Å². The second kappa shape index (κ2) is 6.81. The van der Waals surface area contributed by atoms with E-state index in [0.717, 1.165) is 12.1 Å².